The van der Waals surface area contributed by atoms with Gasteiger partial charge in [-0.2, -0.15) is 8.42 Å². The van der Waals surface area contributed by atoms with Crippen LogP contribution in [-0.4, -0.2) is 24.6 Å². The molecule has 6 nitrogen and oxygen atoms in total. The normalized spacial score (nSPS) is 14.4. The van der Waals surface area contributed by atoms with Gasteiger partial charge in [-0.25, -0.2) is 0 Å². The second-order valence-corrected chi connectivity index (χ2v) is 11.0. The van der Waals surface area contributed by atoms with Gasteiger partial charge in [-0.3, -0.25) is 4.79 Å². The lowest BCUT2D eigenvalue weighted by Gasteiger charge is -2.21. The van der Waals surface area contributed by atoms with Gasteiger partial charge in [-0.1, -0.05) is 37.0 Å². The summed E-state index contributed by atoms with van der Waals surface area (Å²) < 4.78 is 45.2. The van der Waals surface area contributed by atoms with Crippen LogP contribution in [0.3, 0.4) is 0 Å². The van der Waals surface area contributed by atoms with Crippen LogP contribution in [-0.2, 0) is 10.2 Å². The molecule has 0 atom stereocenters. The van der Waals surface area contributed by atoms with E-state index in [1.807, 2.05) is 31.2 Å². The number of benzene rings is 3. The number of aromatic amines is 1. The number of hydrogen-bond acceptors (Lipinski definition) is 4. The van der Waals surface area contributed by atoms with Crippen molar-refractivity contribution < 1.29 is 17.0 Å². The highest BCUT2D eigenvalue weighted by Gasteiger charge is 2.25. The molecular weight excluding hydrogens is 503 g/mol. The van der Waals surface area contributed by atoms with Crippen molar-refractivity contribution in [2.75, 3.05) is 6.61 Å². The Morgan fingerprint density at radius 1 is 1.11 bits per heavy atom. The minimum atomic E-state index is -4.89. The average molecular weight is 529 g/mol. The summed E-state index contributed by atoms with van der Waals surface area (Å²) in [6.07, 6.45) is 9.73. The highest BCUT2D eigenvalue weighted by atomic mass is 32.3. The molecule has 2 aromatic heterocycles. The first-order chi connectivity index (χ1) is 18.3. The van der Waals surface area contributed by atoms with Gasteiger partial charge in [0.15, 0.2) is 5.43 Å². The summed E-state index contributed by atoms with van der Waals surface area (Å²) in [5, 5.41) is 1.91. The Kier molecular flexibility index (Phi) is 5.77. The van der Waals surface area contributed by atoms with E-state index in [2.05, 4.69) is 15.5 Å². The predicted octanol–water partition coefficient (Wildman–Crippen LogP) is 6.46. The molecule has 1 N–H and O–H groups in total. The summed E-state index contributed by atoms with van der Waals surface area (Å²) in [7, 11) is -4.89. The number of terminal acetylenes is 1. The molecule has 1 aliphatic rings. The van der Waals surface area contributed by atoms with Crippen LogP contribution in [0.1, 0.15) is 44.2 Å². The fraction of sp³-hybridized carbons (Fsp3) is 0.233. The lowest BCUT2D eigenvalue weighted by atomic mass is 10.00. The molecule has 0 spiro atoms. The number of aromatic nitrogens is 2. The molecule has 0 bridgehead atoms. The van der Waals surface area contributed by atoms with Gasteiger partial charge in [0, 0.05) is 28.1 Å². The van der Waals surface area contributed by atoms with Crippen molar-refractivity contribution in [2.24, 2.45) is 0 Å². The SMILES string of the molecule is C#Cc1ccc2c(c1)[nH]c1c2c(=O)c2cc(OCC)c(-c3cccc(S(=O)(=O)F)c3)cc2n1C1CCCC1. The highest BCUT2D eigenvalue weighted by molar-refractivity contribution is 7.86. The fourth-order valence-corrected chi connectivity index (χ4v) is 6.25. The zero-order valence-electron chi connectivity index (χ0n) is 20.8. The first kappa shape index (κ1) is 24.3. The summed E-state index contributed by atoms with van der Waals surface area (Å²) >= 11 is 0. The molecule has 3 aromatic carbocycles. The predicted molar refractivity (Wildman–Crippen MR) is 148 cm³/mol. The zero-order chi connectivity index (χ0) is 26.6. The number of halogens is 1. The van der Waals surface area contributed by atoms with Crippen LogP contribution >= 0.6 is 0 Å². The molecule has 0 radical (unpaired) electrons. The molecule has 1 fully saturated rings. The zero-order valence-corrected chi connectivity index (χ0v) is 21.6. The van der Waals surface area contributed by atoms with Crippen molar-refractivity contribution in [3.63, 3.8) is 0 Å². The Balaban J connectivity index is 1.75. The molecule has 192 valence electrons. The smallest absolute Gasteiger partial charge is 0.332 e. The van der Waals surface area contributed by atoms with E-state index in [4.69, 9.17) is 11.2 Å². The molecule has 1 saturated carbocycles. The summed E-state index contributed by atoms with van der Waals surface area (Å²) in [6, 6.07) is 15.1. The molecule has 0 aliphatic heterocycles. The average Bonchev–Trinajstić information content (AvgIpc) is 3.56. The number of nitrogens with zero attached hydrogens (tertiary/aromatic N) is 1. The Morgan fingerprint density at radius 2 is 1.89 bits per heavy atom. The summed E-state index contributed by atoms with van der Waals surface area (Å²) in [6.45, 7) is 2.17. The second kappa shape index (κ2) is 9.03. The van der Waals surface area contributed by atoms with Crippen LogP contribution in [0, 0.1) is 12.3 Å². The van der Waals surface area contributed by atoms with E-state index in [1.54, 1.807) is 12.1 Å². The van der Waals surface area contributed by atoms with Gasteiger partial charge in [0.25, 0.3) is 0 Å². The van der Waals surface area contributed by atoms with Crippen LogP contribution in [0.5, 0.6) is 5.75 Å². The standard InChI is InChI=1S/C30H25FN2O4S/c1-3-18-12-13-22-25(14-18)32-30-28(22)29(34)24-17-27(37-4-2)23(16-26(24)33(30)20-9-5-6-10-20)19-8-7-11-21(15-19)38(31,35)36/h1,7-8,11-17,20,32H,4-6,9-10H2,2H3. The molecule has 2 heterocycles. The van der Waals surface area contributed by atoms with E-state index in [9.17, 15) is 17.1 Å². The Bertz CT molecular complexity index is 1960. The van der Waals surface area contributed by atoms with Crippen molar-refractivity contribution >= 4 is 43.1 Å². The molecule has 5 aromatic rings. The first-order valence-corrected chi connectivity index (χ1v) is 14.0. The molecular formula is C30H25FN2O4S. The number of pyridine rings is 1. The molecule has 0 saturated heterocycles. The van der Waals surface area contributed by atoms with Crippen molar-refractivity contribution in [3.05, 3.63) is 70.4 Å². The number of H-pyrrole nitrogens is 1. The monoisotopic (exact) mass is 528 g/mol. The van der Waals surface area contributed by atoms with Gasteiger partial charge in [0.2, 0.25) is 0 Å². The van der Waals surface area contributed by atoms with Crippen molar-refractivity contribution in [1.29, 1.82) is 0 Å². The fourth-order valence-electron chi connectivity index (χ4n) is 5.75. The number of rotatable bonds is 5. The van der Waals surface area contributed by atoms with Crippen LogP contribution in [0.25, 0.3) is 44.0 Å². The lowest BCUT2D eigenvalue weighted by Crippen LogP contribution is -2.15. The van der Waals surface area contributed by atoms with Gasteiger partial charge in [0.05, 0.1) is 27.8 Å². The number of fused-ring (bicyclic) bond motifs is 4. The maximum Gasteiger partial charge on any atom is 0.332 e. The van der Waals surface area contributed by atoms with Crippen LogP contribution < -0.4 is 10.2 Å². The third-order valence-corrected chi connectivity index (χ3v) is 8.25. The van der Waals surface area contributed by atoms with E-state index < -0.39 is 15.1 Å². The molecule has 0 unspecified atom stereocenters. The molecule has 8 heteroatoms. The third-order valence-electron chi connectivity index (χ3n) is 7.43. The van der Waals surface area contributed by atoms with Gasteiger partial charge >= 0.3 is 10.2 Å². The molecule has 38 heavy (non-hydrogen) atoms. The van der Waals surface area contributed by atoms with Gasteiger partial charge in [-0.05, 0) is 61.7 Å². The van der Waals surface area contributed by atoms with Crippen LogP contribution in [0.15, 0.2) is 64.3 Å². The van der Waals surface area contributed by atoms with Gasteiger partial charge < -0.3 is 14.3 Å². The second-order valence-electron chi connectivity index (χ2n) is 9.65. The van der Waals surface area contributed by atoms with E-state index >= 15 is 0 Å². The highest BCUT2D eigenvalue weighted by Crippen LogP contribution is 2.40. The van der Waals surface area contributed by atoms with E-state index in [0.717, 1.165) is 47.8 Å². The minimum Gasteiger partial charge on any atom is -0.493 e. The third kappa shape index (κ3) is 3.86. The molecule has 0 amide bonds. The maximum absolute atomic E-state index is 14.0. The van der Waals surface area contributed by atoms with E-state index in [0.29, 0.717) is 39.8 Å². The Labute approximate surface area is 219 Å². The van der Waals surface area contributed by atoms with Crippen molar-refractivity contribution in [1.82, 2.24) is 9.55 Å². The minimum absolute atomic E-state index is 0.128. The largest absolute Gasteiger partial charge is 0.493 e. The number of hydrogen-bond donors (Lipinski definition) is 1. The van der Waals surface area contributed by atoms with Crippen LogP contribution in [0.2, 0.25) is 0 Å². The molecule has 6 rings (SSSR count). The lowest BCUT2D eigenvalue weighted by molar-refractivity contribution is 0.342. The summed E-state index contributed by atoms with van der Waals surface area (Å²) in [4.78, 5) is 17.1. The number of ether oxygens (including phenoxy) is 1. The summed E-state index contributed by atoms with van der Waals surface area (Å²) in [5.41, 5.74) is 3.89. The number of nitrogens with one attached hydrogen (secondary N) is 1. The van der Waals surface area contributed by atoms with E-state index in [1.165, 1.54) is 18.2 Å². The van der Waals surface area contributed by atoms with E-state index in [-0.39, 0.29) is 11.5 Å². The maximum atomic E-state index is 14.0. The topological polar surface area (TPSA) is 81.2 Å². The Morgan fingerprint density at radius 3 is 2.61 bits per heavy atom. The Hall–Kier alpha value is -4.09. The molecule has 1 aliphatic carbocycles. The van der Waals surface area contributed by atoms with Gasteiger partial charge in [0.1, 0.15) is 11.4 Å². The van der Waals surface area contributed by atoms with Crippen molar-refractivity contribution in [3.8, 4) is 29.2 Å². The summed E-state index contributed by atoms with van der Waals surface area (Å²) in [5.74, 6) is 3.08. The quantitative estimate of drug-likeness (QED) is 0.210. The first-order valence-electron chi connectivity index (χ1n) is 12.6. The van der Waals surface area contributed by atoms with Crippen molar-refractivity contribution in [2.45, 2.75) is 43.5 Å². The van der Waals surface area contributed by atoms with Crippen LogP contribution in [0.4, 0.5) is 3.89 Å². The van der Waals surface area contributed by atoms with Gasteiger partial charge in [-0.15, -0.1) is 10.3 Å².